The number of carbonyl (C=O) groups excluding carboxylic acids is 1. The van der Waals surface area contributed by atoms with E-state index in [9.17, 15) is 4.79 Å². The van der Waals surface area contributed by atoms with Gasteiger partial charge >= 0.3 is 0 Å². The third-order valence-electron chi connectivity index (χ3n) is 3.08. The summed E-state index contributed by atoms with van der Waals surface area (Å²) < 4.78 is 0. The molecule has 1 rings (SSSR count). The quantitative estimate of drug-likeness (QED) is 0.543. The Morgan fingerprint density at radius 1 is 1.33 bits per heavy atom. The normalized spacial score (nSPS) is 32.2. The molecule has 0 heterocycles. The fourth-order valence-electron chi connectivity index (χ4n) is 2.49. The van der Waals surface area contributed by atoms with Crippen molar-refractivity contribution in [3.63, 3.8) is 0 Å². The van der Waals surface area contributed by atoms with Crippen molar-refractivity contribution in [2.75, 3.05) is 0 Å². The van der Waals surface area contributed by atoms with Crippen molar-refractivity contribution in [2.24, 2.45) is 17.3 Å². The summed E-state index contributed by atoms with van der Waals surface area (Å²) >= 11 is 0. The first-order valence-corrected chi connectivity index (χ1v) is 4.93. The zero-order chi connectivity index (χ0) is 9.35. The maximum Gasteiger partial charge on any atom is 0.133 e. The molecular weight excluding hydrogens is 148 g/mol. The summed E-state index contributed by atoms with van der Waals surface area (Å²) in [5, 5.41) is 0. The van der Waals surface area contributed by atoms with Gasteiger partial charge in [0.1, 0.15) is 5.78 Å². The lowest BCUT2D eigenvalue weighted by Crippen LogP contribution is -2.32. The van der Waals surface area contributed by atoms with Crippen molar-refractivity contribution in [3.8, 4) is 0 Å². The number of carbonyl (C=O) groups is 1. The third kappa shape index (κ3) is 2.09. The Hall–Kier alpha value is -0.330. The van der Waals surface area contributed by atoms with Crippen molar-refractivity contribution in [1.82, 2.24) is 0 Å². The minimum absolute atomic E-state index is 0.375. The molecule has 0 aliphatic heterocycles. The Bertz CT molecular complexity index is 176. The van der Waals surface area contributed by atoms with Gasteiger partial charge < -0.3 is 0 Å². The van der Waals surface area contributed by atoms with E-state index in [0.717, 1.165) is 25.2 Å². The van der Waals surface area contributed by atoms with Crippen LogP contribution in [0.3, 0.4) is 0 Å². The predicted molar refractivity (Wildman–Crippen MR) is 51.0 cm³/mol. The standard InChI is InChI=1S/C11H20O/c1-8-7-9(12)5-6-10(8)11(2,3)4/h8,10H,5-7H2,1-4H3. The second-order valence-corrected chi connectivity index (χ2v) is 5.23. The molecule has 1 aliphatic rings. The van der Waals surface area contributed by atoms with Crippen LogP contribution in [0.1, 0.15) is 47.0 Å². The van der Waals surface area contributed by atoms with Crippen LogP contribution in [-0.2, 0) is 4.79 Å². The number of rotatable bonds is 0. The van der Waals surface area contributed by atoms with Crippen LogP contribution in [0.15, 0.2) is 0 Å². The molecule has 2 atom stereocenters. The molecule has 0 bridgehead atoms. The number of ketones is 1. The summed E-state index contributed by atoms with van der Waals surface area (Å²) in [6, 6.07) is 0. The lowest BCUT2D eigenvalue weighted by Gasteiger charge is -2.38. The Labute approximate surface area is 75.5 Å². The topological polar surface area (TPSA) is 17.1 Å². The van der Waals surface area contributed by atoms with Crippen LogP contribution in [0.4, 0.5) is 0 Å². The fourth-order valence-corrected chi connectivity index (χ4v) is 2.49. The maximum atomic E-state index is 11.1. The maximum absolute atomic E-state index is 11.1. The van der Waals surface area contributed by atoms with Crippen molar-refractivity contribution in [2.45, 2.75) is 47.0 Å². The van der Waals surface area contributed by atoms with Gasteiger partial charge in [-0.25, -0.2) is 0 Å². The van der Waals surface area contributed by atoms with Gasteiger partial charge in [-0.1, -0.05) is 27.7 Å². The Morgan fingerprint density at radius 3 is 2.33 bits per heavy atom. The third-order valence-corrected chi connectivity index (χ3v) is 3.08. The lowest BCUT2D eigenvalue weighted by atomic mass is 9.67. The van der Waals surface area contributed by atoms with Gasteiger partial charge in [0.05, 0.1) is 0 Å². The van der Waals surface area contributed by atoms with E-state index in [4.69, 9.17) is 0 Å². The van der Waals surface area contributed by atoms with Gasteiger partial charge in [-0.2, -0.15) is 0 Å². The van der Waals surface area contributed by atoms with Gasteiger partial charge in [-0.05, 0) is 23.7 Å². The summed E-state index contributed by atoms with van der Waals surface area (Å²) in [5.41, 5.74) is 0.375. The van der Waals surface area contributed by atoms with E-state index < -0.39 is 0 Å². The smallest absolute Gasteiger partial charge is 0.133 e. The number of hydrogen-bond acceptors (Lipinski definition) is 1. The highest BCUT2D eigenvalue weighted by Gasteiger charge is 2.33. The van der Waals surface area contributed by atoms with E-state index in [0.29, 0.717) is 17.1 Å². The van der Waals surface area contributed by atoms with Gasteiger partial charge in [0.2, 0.25) is 0 Å². The SMILES string of the molecule is CC1CC(=O)CCC1C(C)(C)C. The lowest BCUT2D eigenvalue weighted by molar-refractivity contribution is -0.123. The summed E-state index contributed by atoms with van der Waals surface area (Å²) in [4.78, 5) is 11.1. The molecule has 0 aromatic carbocycles. The van der Waals surface area contributed by atoms with Crippen LogP contribution in [0.5, 0.6) is 0 Å². The van der Waals surface area contributed by atoms with Crippen LogP contribution in [0.2, 0.25) is 0 Å². The van der Waals surface area contributed by atoms with E-state index >= 15 is 0 Å². The molecule has 0 spiro atoms. The number of Topliss-reactive ketones (excluding diaryl/α,β-unsaturated/α-hetero) is 1. The molecule has 1 nitrogen and oxygen atoms in total. The van der Waals surface area contributed by atoms with E-state index in [1.165, 1.54) is 0 Å². The molecule has 0 aromatic rings. The molecule has 12 heavy (non-hydrogen) atoms. The largest absolute Gasteiger partial charge is 0.300 e. The molecule has 0 saturated heterocycles. The zero-order valence-corrected chi connectivity index (χ0v) is 8.68. The highest BCUT2D eigenvalue weighted by atomic mass is 16.1. The molecule has 0 amide bonds. The summed E-state index contributed by atoms with van der Waals surface area (Å²) in [7, 11) is 0. The Balaban J connectivity index is 2.62. The van der Waals surface area contributed by atoms with Crippen molar-refractivity contribution in [3.05, 3.63) is 0 Å². The Kier molecular flexibility index (Phi) is 2.60. The average Bonchev–Trinajstić information content (AvgIpc) is 1.83. The zero-order valence-electron chi connectivity index (χ0n) is 8.68. The molecule has 70 valence electrons. The first-order chi connectivity index (χ1) is 5.41. The molecule has 0 radical (unpaired) electrons. The second kappa shape index (κ2) is 3.20. The van der Waals surface area contributed by atoms with Crippen molar-refractivity contribution in [1.29, 1.82) is 0 Å². The van der Waals surface area contributed by atoms with E-state index in [1.807, 2.05) is 0 Å². The number of hydrogen-bond donors (Lipinski definition) is 0. The highest BCUT2D eigenvalue weighted by molar-refractivity contribution is 5.79. The average molecular weight is 168 g/mol. The molecule has 0 N–H and O–H groups in total. The minimum Gasteiger partial charge on any atom is -0.300 e. The van der Waals surface area contributed by atoms with Gasteiger partial charge in [0.15, 0.2) is 0 Å². The summed E-state index contributed by atoms with van der Waals surface area (Å²) in [5.74, 6) is 1.78. The van der Waals surface area contributed by atoms with Gasteiger partial charge in [-0.3, -0.25) is 4.79 Å². The first kappa shape index (κ1) is 9.76. The molecule has 0 aromatic heterocycles. The monoisotopic (exact) mass is 168 g/mol. The van der Waals surface area contributed by atoms with E-state index in [-0.39, 0.29) is 0 Å². The van der Waals surface area contributed by atoms with Crippen LogP contribution in [-0.4, -0.2) is 5.78 Å². The molecule has 2 unspecified atom stereocenters. The fraction of sp³-hybridized carbons (Fsp3) is 0.909. The van der Waals surface area contributed by atoms with Gasteiger partial charge in [-0.15, -0.1) is 0 Å². The minimum atomic E-state index is 0.375. The van der Waals surface area contributed by atoms with E-state index in [1.54, 1.807) is 0 Å². The van der Waals surface area contributed by atoms with Crippen LogP contribution < -0.4 is 0 Å². The molecule has 1 fully saturated rings. The van der Waals surface area contributed by atoms with Gasteiger partial charge in [0.25, 0.3) is 0 Å². The van der Waals surface area contributed by atoms with Crippen LogP contribution in [0, 0.1) is 17.3 Å². The van der Waals surface area contributed by atoms with Crippen molar-refractivity contribution >= 4 is 5.78 Å². The van der Waals surface area contributed by atoms with Crippen LogP contribution in [0.25, 0.3) is 0 Å². The van der Waals surface area contributed by atoms with Crippen molar-refractivity contribution < 1.29 is 4.79 Å². The van der Waals surface area contributed by atoms with Crippen LogP contribution >= 0.6 is 0 Å². The summed E-state index contributed by atoms with van der Waals surface area (Å²) in [6.45, 7) is 9.06. The van der Waals surface area contributed by atoms with Gasteiger partial charge in [0, 0.05) is 12.8 Å². The molecule has 1 heteroatoms. The highest BCUT2D eigenvalue weighted by Crippen LogP contribution is 2.40. The van der Waals surface area contributed by atoms with E-state index in [2.05, 4.69) is 27.7 Å². The summed E-state index contributed by atoms with van der Waals surface area (Å²) in [6.07, 6.45) is 2.72. The first-order valence-electron chi connectivity index (χ1n) is 4.93. The predicted octanol–water partition coefficient (Wildman–Crippen LogP) is 3.04. The Morgan fingerprint density at radius 2 is 1.92 bits per heavy atom. The molecule has 1 saturated carbocycles. The second-order valence-electron chi connectivity index (χ2n) is 5.23. The molecular formula is C11H20O. The molecule has 1 aliphatic carbocycles.